The van der Waals surface area contributed by atoms with Gasteiger partial charge in [-0.3, -0.25) is 9.59 Å². The summed E-state index contributed by atoms with van der Waals surface area (Å²) in [5, 5.41) is 11.9. The minimum Gasteiger partial charge on any atom is -0.346 e. The maximum atomic E-state index is 12.2. The highest BCUT2D eigenvalue weighted by Crippen LogP contribution is 2.29. The molecule has 0 aliphatic heterocycles. The maximum absolute atomic E-state index is 12.2. The summed E-state index contributed by atoms with van der Waals surface area (Å²) in [6.07, 6.45) is 2.59. The Morgan fingerprint density at radius 2 is 1.74 bits per heavy atom. The summed E-state index contributed by atoms with van der Waals surface area (Å²) in [7, 11) is 1.68. The number of likely N-dealkylation sites (N-methyl/N-ethyl adjacent to an activating group) is 1. The Morgan fingerprint density at radius 3 is 2.11 bits per heavy atom. The monoisotopic (exact) mass is 267 g/mol. The van der Waals surface area contributed by atoms with Crippen molar-refractivity contribution in [3.05, 3.63) is 0 Å². The number of amides is 2. The first-order chi connectivity index (χ1) is 8.97. The lowest BCUT2D eigenvalue weighted by atomic mass is 9.80. The first kappa shape index (κ1) is 17.4. The molecular formula is C14H25N3O2. The van der Waals surface area contributed by atoms with Gasteiger partial charge in [-0.1, -0.05) is 26.7 Å². The largest absolute Gasteiger partial charge is 0.346 e. The predicted molar refractivity (Wildman–Crippen MR) is 74.2 cm³/mol. The van der Waals surface area contributed by atoms with Gasteiger partial charge < -0.3 is 10.2 Å². The normalized spacial score (nSPS) is 10.7. The van der Waals surface area contributed by atoms with E-state index < -0.39 is 5.41 Å². The lowest BCUT2D eigenvalue weighted by Crippen LogP contribution is -2.45. The van der Waals surface area contributed by atoms with Crippen LogP contribution in [0.25, 0.3) is 0 Å². The highest BCUT2D eigenvalue weighted by atomic mass is 16.2. The number of carbonyl (C=O) groups excluding carboxylic acids is 2. The molecule has 0 aromatic carbocycles. The van der Waals surface area contributed by atoms with Gasteiger partial charge in [-0.15, -0.1) is 0 Å². The van der Waals surface area contributed by atoms with Crippen LogP contribution in [0.2, 0.25) is 0 Å². The van der Waals surface area contributed by atoms with Gasteiger partial charge in [-0.2, -0.15) is 5.26 Å². The third-order valence-electron chi connectivity index (χ3n) is 3.30. The fourth-order valence-corrected chi connectivity index (χ4v) is 2.00. The third kappa shape index (κ3) is 4.90. The smallest absolute Gasteiger partial charge is 0.241 e. The molecule has 0 bridgehead atoms. The van der Waals surface area contributed by atoms with Gasteiger partial charge >= 0.3 is 0 Å². The minimum absolute atomic E-state index is 0.0416. The Labute approximate surface area is 116 Å². The molecule has 0 saturated heterocycles. The van der Waals surface area contributed by atoms with Gasteiger partial charge in [0.25, 0.3) is 0 Å². The molecule has 108 valence electrons. The summed E-state index contributed by atoms with van der Waals surface area (Å²) < 4.78 is 0. The Kier molecular flexibility index (Phi) is 7.81. The van der Waals surface area contributed by atoms with Crippen LogP contribution in [0.4, 0.5) is 0 Å². The SMILES string of the molecule is CCCC(C#N)(CCC)C(=O)NCC(=O)N(C)CC. The summed E-state index contributed by atoms with van der Waals surface area (Å²) in [6, 6.07) is 2.15. The van der Waals surface area contributed by atoms with Gasteiger partial charge in [-0.05, 0) is 19.8 Å². The average molecular weight is 267 g/mol. The Hall–Kier alpha value is -1.57. The number of nitriles is 1. The van der Waals surface area contributed by atoms with Crippen LogP contribution in [-0.4, -0.2) is 36.9 Å². The molecule has 0 aromatic rings. The molecule has 0 aromatic heterocycles. The van der Waals surface area contributed by atoms with E-state index in [9.17, 15) is 14.9 Å². The summed E-state index contributed by atoms with van der Waals surface area (Å²) in [6.45, 7) is 6.32. The fourth-order valence-electron chi connectivity index (χ4n) is 2.00. The van der Waals surface area contributed by atoms with Crippen molar-refractivity contribution in [2.75, 3.05) is 20.1 Å². The zero-order chi connectivity index (χ0) is 14.9. The van der Waals surface area contributed by atoms with E-state index >= 15 is 0 Å². The van der Waals surface area contributed by atoms with E-state index in [1.165, 1.54) is 4.90 Å². The zero-order valence-corrected chi connectivity index (χ0v) is 12.5. The Bertz CT molecular complexity index is 341. The van der Waals surface area contributed by atoms with Crippen molar-refractivity contribution in [2.24, 2.45) is 5.41 Å². The molecular weight excluding hydrogens is 242 g/mol. The third-order valence-corrected chi connectivity index (χ3v) is 3.30. The van der Waals surface area contributed by atoms with Crippen LogP contribution in [0.15, 0.2) is 0 Å². The Morgan fingerprint density at radius 1 is 1.21 bits per heavy atom. The van der Waals surface area contributed by atoms with Gasteiger partial charge in [0.15, 0.2) is 0 Å². The van der Waals surface area contributed by atoms with Crippen molar-refractivity contribution in [2.45, 2.75) is 46.5 Å². The highest BCUT2D eigenvalue weighted by Gasteiger charge is 2.36. The molecule has 5 heteroatoms. The fraction of sp³-hybridized carbons (Fsp3) is 0.786. The first-order valence-corrected chi connectivity index (χ1v) is 6.90. The number of hydrogen-bond donors (Lipinski definition) is 1. The molecule has 0 radical (unpaired) electrons. The molecule has 1 N–H and O–H groups in total. The van der Waals surface area contributed by atoms with Gasteiger partial charge in [-0.25, -0.2) is 0 Å². The van der Waals surface area contributed by atoms with Crippen molar-refractivity contribution in [1.82, 2.24) is 10.2 Å². The topological polar surface area (TPSA) is 73.2 Å². The highest BCUT2D eigenvalue weighted by molar-refractivity contribution is 5.89. The van der Waals surface area contributed by atoms with Crippen LogP contribution < -0.4 is 5.32 Å². The molecule has 0 saturated carbocycles. The maximum Gasteiger partial charge on any atom is 0.241 e. The number of nitrogens with zero attached hydrogens (tertiary/aromatic N) is 2. The Balaban J connectivity index is 4.66. The molecule has 19 heavy (non-hydrogen) atoms. The van der Waals surface area contributed by atoms with Gasteiger partial charge in [0.2, 0.25) is 11.8 Å². The minimum atomic E-state index is -0.992. The van der Waals surface area contributed by atoms with Crippen molar-refractivity contribution in [3.8, 4) is 6.07 Å². The molecule has 0 heterocycles. The van der Waals surface area contributed by atoms with Crippen LogP contribution >= 0.6 is 0 Å². The van der Waals surface area contributed by atoms with E-state index in [-0.39, 0.29) is 18.4 Å². The van der Waals surface area contributed by atoms with Crippen molar-refractivity contribution in [1.29, 1.82) is 5.26 Å². The number of rotatable bonds is 8. The molecule has 0 unspecified atom stereocenters. The van der Waals surface area contributed by atoms with Crippen molar-refractivity contribution < 1.29 is 9.59 Å². The predicted octanol–water partition coefficient (Wildman–Crippen LogP) is 1.69. The zero-order valence-electron chi connectivity index (χ0n) is 12.5. The summed E-state index contributed by atoms with van der Waals surface area (Å²) in [4.78, 5) is 25.4. The van der Waals surface area contributed by atoms with Crippen LogP contribution in [-0.2, 0) is 9.59 Å². The van der Waals surface area contributed by atoms with Crippen LogP contribution in [0.1, 0.15) is 46.5 Å². The second-order valence-electron chi connectivity index (χ2n) is 4.78. The molecule has 0 rings (SSSR count). The standard InChI is InChI=1S/C14H25N3O2/c1-5-8-14(11-15,9-6-2)13(19)16-10-12(18)17(4)7-3/h5-10H2,1-4H3,(H,16,19). The van der Waals surface area contributed by atoms with E-state index in [1.54, 1.807) is 7.05 Å². The molecule has 0 aliphatic rings. The van der Waals surface area contributed by atoms with Gasteiger partial charge in [0.1, 0.15) is 5.41 Å². The summed E-state index contributed by atoms with van der Waals surface area (Å²) in [5.41, 5.74) is -0.992. The molecule has 2 amide bonds. The first-order valence-electron chi connectivity index (χ1n) is 6.90. The second-order valence-corrected chi connectivity index (χ2v) is 4.78. The lowest BCUT2D eigenvalue weighted by molar-refractivity contribution is -0.134. The van der Waals surface area contributed by atoms with Crippen LogP contribution in [0, 0.1) is 16.7 Å². The van der Waals surface area contributed by atoms with Crippen LogP contribution in [0.3, 0.4) is 0 Å². The van der Waals surface area contributed by atoms with Crippen LogP contribution in [0.5, 0.6) is 0 Å². The summed E-state index contributed by atoms with van der Waals surface area (Å²) in [5.74, 6) is -0.466. The van der Waals surface area contributed by atoms with Crippen molar-refractivity contribution in [3.63, 3.8) is 0 Å². The molecule has 5 nitrogen and oxygen atoms in total. The van der Waals surface area contributed by atoms with E-state index in [1.807, 2.05) is 20.8 Å². The molecule has 0 aliphatic carbocycles. The van der Waals surface area contributed by atoms with E-state index in [0.717, 1.165) is 12.8 Å². The van der Waals surface area contributed by atoms with Gasteiger partial charge in [0.05, 0.1) is 12.6 Å². The average Bonchev–Trinajstić information content (AvgIpc) is 2.42. The van der Waals surface area contributed by atoms with E-state index in [4.69, 9.17) is 0 Å². The number of nitrogens with one attached hydrogen (secondary N) is 1. The second kappa shape index (κ2) is 8.52. The van der Waals surface area contributed by atoms with Crippen molar-refractivity contribution >= 4 is 11.8 Å². The molecule has 0 spiro atoms. The number of carbonyl (C=O) groups is 2. The van der Waals surface area contributed by atoms with E-state index in [0.29, 0.717) is 19.4 Å². The lowest BCUT2D eigenvalue weighted by Gasteiger charge is -2.25. The quantitative estimate of drug-likeness (QED) is 0.727. The summed E-state index contributed by atoms with van der Waals surface area (Å²) >= 11 is 0. The van der Waals surface area contributed by atoms with E-state index in [2.05, 4.69) is 11.4 Å². The molecule has 0 atom stereocenters. The molecule has 0 fully saturated rings. The van der Waals surface area contributed by atoms with Gasteiger partial charge in [0, 0.05) is 13.6 Å². The number of hydrogen-bond acceptors (Lipinski definition) is 3.